The number of hydrogen-bond donors (Lipinski definition) is 0. The first-order chi connectivity index (χ1) is 13.0. The van der Waals surface area contributed by atoms with E-state index in [1.165, 1.54) is 6.04 Å². The van der Waals surface area contributed by atoms with Crippen molar-refractivity contribution in [1.29, 1.82) is 0 Å². The molecule has 1 fully saturated rings. The SMILES string of the molecule is CC1(C)OB(c2ccc(-c3cn(COCC[Si](C)(C)C)cn3)cc2)OC1(C)C. The van der Waals surface area contributed by atoms with E-state index in [0.29, 0.717) is 6.73 Å². The Balaban J connectivity index is 1.60. The van der Waals surface area contributed by atoms with Crippen molar-refractivity contribution in [3.05, 3.63) is 36.8 Å². The highest BCUT2D eigenvalue weighted by Crippen LogP contribution is 2.36. The Labute approximate surface area is 170 Å². The molecule has 1 aliphatic heterocycles. The van der Waals surface area contributed by atoms with Crippen molar-refractivity contribution in [3.8, 4) is 11.3 Å². The smallest absolute Gasteiger partial charge is 0.399 e. The summed E-state index contributed by atoms with van der Waals surface area (Å²) in [5, 5.41) is 0. The van der Waals surface area contributed by atoms with Gasteiger partial charge in [0.25, 0.3) is 0 Å². The molecule has 2 aromatic rings. The molecule has 5 nitrogen and oxygen atoms in total. The highest BCUT2D eigenvalue weighted by atomic mass is 28.3. The van der Waals surface area contributed by atoms with E-state index < -0.39 is 8.07 Å². The van der Waals surface area contributed by atoms with Crippen LogP contribution in [0.3, 0.4) is 0 Å². The topological polar surface area (TPSA) is 45.5 Å². The molecule has 0 unspecified atom stereocenters. The summed E-state index contributed by atoms with van der Waals surface area (Å²) in [4.78, 5) is 4.52. The van der Waals surface area contributed by atoms with Crippen molar-refractivity contribution in [1.82, 2.24) is 9.55 Å². The first-order valence-corrected chi connectivity index (χ1v) is 13.7. The highest BCUT2D eigenvalue weighted by molar-refractivity contribution is 6.76. The zero-order valence-corrected chi connectivity index (χ0v) is 19.3. The molecular formula is C21H33BN2O3Si. The quantitative estimate of drug-likeness (QED) is 0.517. The van der Waals surface area contributed by atoms with Crippen molar-refractivity contribution in [2.24, 2.45) is 0 Å². The van der Waals surface area contributed by atoms with Crippen molar-refractivity contribution in [2.45, 2.75) is 71.3 Å². The van der Waals surface area contributed by atoms with Crippen LogP contribution in [0.2, 0.25) is 25.7 Å². The van der Waals surface area contributed by atoms with Gasteiger partial charge in [-0.2, -0.15) is 0 Å². The minimum atomic E-state index is -1.05. The third-order valence-electron chi connectivity index (χ3n) is 5.60. The molecule has 0 bridgehead atoms. The zero-order valence-electron chi connectivity index (χ0n) is 18.3. The molecule has 1 saturated heterocycles. The Bertz CT molecular complexity index is 781. The lowest BCUT2D eigenvalue weighted by atomic mass is 9.79. The maximum absolute atomic E-state index is 6.12. The predicted molar refractivity (Wildman–Crippen MR) is 117 cm³/mol. The van der Waals surface area contributed by atoms with Gasteiger partial charge in [-0.1, -0.05) is 43.9 Å². The van der Waals surface area contributed by atoms with Crippen LogP contribution in [-0.4, -0.2) is 42.6 Å². The first-order valence-electron chi connectivity index (χ1n) is 10.0. The number of nitrogens with zero attached hydrogens (tertiary/aromatic N) is 2. The van der Waals surface area contributed by atoms with Crippen molar-refractivity contribution in [2.75, 3.05) is 6.61 Å². The number of imidazole rings is 1. The Hall–Kier alpha value is -1.41. The largest absolute Gasteiger partial charge is 0.494 e. The van der Waals surface area contributed by atoms with Gasteiger partial charge in [-0.25, -0.2) is 4.98 Å². The average molecular weight is 400 g/mol. The molecule has 0 amide bonds. The van der Waals surface area contributed by atoms with E-state index in [4.69, 9.17) is 14.0 Å². The van der Waals surface area contributed by atoms with Crippen LogP contribution in [0.4, 0.5) is 0 Å². The number of benzene rings is 1. The molecule has 0 N–H and O–H groups in total. The lowest BCUT2D eigenvalue weighted by molar-refractivity contribution is 0.00578. The molecule has 1 aromatic heterocycles. The third-order valence-corrected chi connectivity index (χ3v) is 7.31. The van der Waals surface area contributed by atoms with E-state index in [9.17, 15) is 0 Å². The normalized spacial score (nSPS) is 18.6. The number of rotatable bonds is 7. The fraction of sp³-hybridized carbons (Fsp3) is 0.571. The second kappa shape index (κ2) is 7.78. The molecule has 0 saturated carbocycles. The highest BCUT2D eigenvalue weighted by Gasteiger charge is 2.51. The van der Waals surface area contributed by atoms with E-state index in [1.807, 2.05) is 17.1 Å². The fourth-order valence-electron chi connectivity index (χ4n) is 2.92. The van der Waals surface area contributed by atoms with Crippen LogP contribution in [-0.2, 0) is 20.8 Å². The van der Waals surface area contributed by atoms with E-state index in [0.717, 1.165) is 23.3 Å². The molecule has 0 aliphatic carbocycles. The molecule has 152 valence electrons. The zero-order chi connectivity index (χ0) is 20.6. The summed E-state index contributed by atoms with van der Waals surface area (Å²) in [6.07, 6.45) is 3.85. The van der Waals surface area contributed by atoms with Gasteiger partial charge in [0.05, 0.1) is 23.2 Å². The summed E-state index contributed by atoms with van der Waals surface area (Å²) in [5.74, 6) is 0. The van der Waals surface area contributed by atoms with Crippen molar-refractivity contribution < 1.29 is 14.0 Å². The molecule has 1 aromatic carbocycles. The van der Waals surface area contributed by atoms with E-state index in [1.54, 1.807) is 0 Å². The van der Waals surface area contributed by atoms with Gasteiger partial charge in [-0.3, -0.25) is 0 Å². The van der Waals surface area contributed by atoms with Crippen LogP contribution >= 0.6 is 0 Å². The molecule has 2 heterocycles. The maximum atomic E-state index is 6.12. The monoisotopic (exact) mass is 400 g/mol. The Kier molecular flexibility index (Phi) is 5.92. The molecule has 0 spiro atoms. The van der Waals surface area contributed by atoms with Crippen LogP contribution in [0, 0.1) is 0 Å². The van der Waals surface area contributed by atoms with E-state index in [-0.39, 0.29) is 18.3 Å². The van der Waals surface area contributed by atoms with Gasteiger partial charge in [-0.15, -0.1) is 0 Å². The molecule has 1 aliphatic rings. The van der Waals surface area contributed by atoms with Crippen LogP contribution in [0.5, 0.6) is 0 Å². The number of ether oxygens (including phenoxy) is 1. The Morgan fingerprint density at radius 1 is 1.04 bits per heavy atom. The van der Waals surface area contributed by atoms with Gasteiger partial charge >= 0.3 is 7.12 Å². The van der Waals surface area contributed by atoms with Gasteiger partial charge in [0.15, 0.2) is 0 Å². The standard InChI is InChI=1S/C21H33BN2O3Si/c1-20(2)21(3,4)27-22(26-20)18-10-8-17(9-11-18)19-14-24(15-23-19)16-25-12-13-28(5,6)7/h8-11,14-15H,12-13,16H2,1-7H3. The second-order valence-electron chi connectivity index (χ2n) is 9.83. The summed E-state index contributed by atoms with van der Waals surface area (Å²) in [6, 6.07) is 9.43. The molecule has 0 radical (unpaired) electrons. The minimum Gasteiger partial charge on any atom is -0.399 e. The second-order valence-corrected chi connectivity index (χ2v) is 15.5. The first kappa shape index (κ1) is 21.3. The van der Waals surface area contributed by atoms with E-state index >= 15 is 0 Å². The number of aromatic nitrogens is 2. The van der Waals surface area contributed by atoms with Gasteiger partial charge in [0, 0.05) is 26.4 Å². The van der Waals surface area contributed by atoms with Crippen molar-refractivity contribution >= 4 is 20.7 Å². The summed E-state index contributed by atoms with van der Waals surface area (Å²) in [6.45, 7) is 16.7. The predicted octanol–water partition coefficient (Wildman–Crippen LogP) is 4.16. The third kappa shape index (κ3) is 4.95. The molecule has 0 atom stereocenters. The fourth-order valence-corrected chi connectivity index (χ4v) is 3.67. The summed E-state index contributed by atoms with van der Waals surface area (Å²) in [5.41, 5.74) is 2.38. The van der Waals surface area contributed by atoms with Gasteiger partial charge in [0.2, 0.25) is 0 Å². The molecule has 28 heavy (non-hydrogen) atoms. The van der Waals surface area contributed by atoms with Crippen LogP contribution in [0.25, 0.3) is 11.3 Å². The maximum Gasteiger partial charge on any atom is 0.494 e. The van der Waals surface area contributed by atoms with Crippen molar-refractivity contribution in [3.63, 3.8) is 0 Å². The molecular weight excluding hydrogens is 367 g/mol. The Morgan fingerprint density at radius 2 is 1.64 bits per heavy atom. The van der Waals surface area contributed by atoms with E-state index in [2.05, 4.69) is 76.6 Å². The van der Waals surface area contributed by atoms with Gasteiger partial charge in [-0.05, 0) is 39.2 Å². The lowest BCUT2D eigenvalue weighted by Crippen LogP contribution is -2.41. The summed E-state index contributed by atoms with van der Waals surface area (Å²) < 4.78 is 20.0. The Morgan fingerprint density at radius 3 is 2.21 bits per heavy atom. The summed E-state index contributed by atoms with van der Waals surface area (Å²) >= 11 is 0. The molecule has 7 heteroatoms. The number of hydrogen-bond acceptors (Lipinski definition) is 4. The van der Waals surface area contributed by atoms with Gasteiger partial charge in [0.1, 0.15) is 6.73 Å². The van der Waals surface area contributed by atoms with Crippen LogP contribution in [0.1, 0.15) is 27.7 Å². The summed E-state index contributed by atoms with van der Waals surface area (Å²) in [7, 11) is -1.38. The average Bonchev–Trinajstić information content (AvgIpc) is 3.13. The lowest BCUT2D eigenvalue weighted by Gasteiger charge is -2.32. The van der Waals surface area contributed by atoms with Crippen LogP contribution < -0.4 is 5.46 Å². The van der Waals surface area contributed by atoms with Crippen LogP contribution in [0.15, 0.2) is 36.8 Å². The minimum absolute atomic E-state index is 0.329. The van der Waals surface area contributed by atoms with Gasteiger partial charge < -0.3 is 18.6 Å². The molecule has 3 rings (SSSR count).